The molecule has 1 amide bonds. The molecular weight excluding hydrogens is 322 g/mol. The van der Waals surface area contributed by atoms with Crippen molar-refractivity contribution in [3.63, 3.8) is 0 Å². The summed E-state index contributed by atoms with van der Waals surface area (Å²) in [6.07, 6.45) is 0.875. The summed E-state index contributed by atoms with van der Waals surface area (Å²) in [5.74, 6) is -0.0554. The third-order valence-corrected chi connectivity index (χ3v) is 4.63. The summed E-state index contributed by atoms with van der Waals surface area (Å²) >= 11 is 5.92. The first-order chi connectivity index (χ1) is 11.6. The Balaban J connectivity index is 1.65. The summed E-state index contributed by atoms with van der Waals surface area (Å²) in [7, 11) is 0. The quantitative estimate of drug-likeness (QED) is 0.757. The number of nitrogens with zero attached hydrogens (tertiary/aromatic N) is 2. The highest BCUT2D eigenvalue weighted by molar-refractivity contribution is 6.30. The number of carbonyl (C=O) groups is 1. The van der Waals surface area contributed by atoms with Crippen molar-refractivity contribution in [1.29, 1.82) is 0 Å². The predicted octanol–water partition coefficient (Wildman–Crippen LogP) is 4.32. The lowest BCUT2D eigenvalue weighted by atomic mass is 10.1. The normalized spacial score (nSPS) is 16.2. The van der Waals surface area contributed by atoms with Crippen LogP contribution >= 0.6 is 11.6 Å². The number of para-hydroxylation sites is 1. The van der Waals surface area contributed by atoms with E-state index < -0.39 is 0 Å². The van der Waals surface area contributed by atoms with E-state index in [2.05, 4.69) is 23.2 Å². The molecule has 3 aromatic rings. The molecule has 0 saturated carbocycles. The number of fused-ring (bicyclic) bond motifs is 1. The third kappa shape index (κ3) is 2.49. The van der Waals surface area contributed by atoms with Crippen LogP contribution in [-0.2, 0) is 6.42 Å². The summed E-state index contributed by atoms with van der Waals surface area (Å²) in [5, 5.41) is 7.82. The second-order valence-electron chi connectivity index (χ2n) is 6.03. The first-order valence-corrected chi connectivity index (χ1v) is 8.24. The standard InChI is InChI=1S/C19H16ClN3O/c1-12-10-14-4-2-3-5-18(14)23(12)19(24)17-11-16(21-22-17)13-6-8-15(20)9-7-13/h2-9,11-12H,10H2,1H3,(H,21,22)/t12-/m1/s1. The number of hydrogen-bond donors (Lipinski definition) is 1. The molecule has 0 fully saturated rings. The van der Waals surface area contributed by atoms with Crippen molar-refractivity contribution in [1.82, 2.24) is 10.2 Å². The molecule has 4 rings (SSSR count). The summed E-state index contributed by atoms with van der Waals surface area (Å²) < 4.78 is 0. The zero-order valence-corrected chi connectivity index (χ0v) is 13.9. The van der Waals surface area contributed by atoms with Crippen molar-refractivity contribution >= 4 is 23.2 Å². The molecule has 0 spiro atoms. The molecule has 0 saturated heterocycles. The number of rotatable bonds is 2. The number of halogens is 1. The zero-order chi connectivity index (χ0) is 16.7. The first-order valence-electron chi connectivity index (χ1n) is 7.86. The Labute approximate surface area is 145 Å². The van der Waals surface area contributed by atoms with Gasteiger partial charge in [0.15, 0.2) is 0 Å². The summed E-state index contributed by atoms with van der Waals surface area (Å²) in [5.41, 5.74) is 4.33. The molecule has 5 heteroatoms. The fraction of sp³-hybridized carbons (Fsp3) is 0.158. The van der Waals surface area contributed by atoms with Crippen LogP contribution in [0.25, 0.3) is 11.3 Å². The molecule has 2 heterocycles. The van der Waals surface area contributed by atoms with Crippen LogP contribution in [0.1, 0.15) is 23.0 Å². The van der Waals surface area contributed by atoms with Crippen LogP contribution in [0.5, 0.6) is 0 Å². The second-order valence-corrected chi connectivity index (χ2v) is 6.47. The van der Waals surface area contributed by atoms with Crippen molar-refractivity contribution < 1.29 is 4.79 Å². The summed E-state index contributed by atoms with van der Waals surface area (Å²) in [6, 6.07) is 17.4. The number of hydrogen-bond acceptors (Lipinski definition) is 2. The lowest BCUT2D eigenvalue weighted by Crippen LogP contribution is -2.35. The van der Waals surface area contributed by atoms with Crippen LogP contribution < -0.4 is 4.90 Å². The molecule has 0 unspecified atom stereocenters. The van der Waals surface area contributed by atoms with Gasteiger partial charge in [0.1, 0.15) is 5.69 Å². The van der Waals surface area contributed by atoms with Gasteiger partial charge in [-0.1, -0.05) is 41.9 Å². The highest BCUT2D eigenvalue weighted by Crippen LogP contribution is 2.33. The zero-order valence-electron chi connectivity index (χ0n) is 13.2. The molecule has 1 atom stereocenters. The Morgan fingerprint density at radius 3 is 2.75 bits per heavy atom. The Morgan fingerprint density at radius 2 is 1.96 bits per heavy atom. The highest BCUT2D eigenvalue weighted by atomic mass is 35.5. The SMILES string of the molecule is C[C@@H]1Cc2ccccc2N1C(=O)c1cc(-c2ccc(Cl)cc2)n[nH]1. The smallest absolute Gasteiger partial charge is 0.276 e. The molecule has 120 valence electrons. The lowest BCUT2D eigenvalue weighted by Gasteiger charge is -2.21. The molecule has 0 radical (unpaired) electrons. The van der Waals surface area contributed by atoms with E-state index in [9.17, 15) is 4.79 Å². The van der Waals surface area contributed by atoms with E-state index in [4.69, 9.17) is 11.6 Å². The molecule has 1 aliphatic rings. The minimum absolute atomic E-state index is 0.0554. The van der Waals surface area contributed by atoms with E-state index in [0.29, 0.717) is 10.7 Å². The Bertz CT molecular complexity index is 901. The monoisotopic (exact) mass is 337 g/mol. The molecule has 1 N–H and O–H groups in total. The molecule has 0 bridgehead atoms. The summed E-state index contributed by atoms with van der Waals surface area (Å²) in [4.78, 5) is 14.8. The first kappa shape index (κ1) is 15.0. The van der Waals surface area contributed by atoms with Gasteiger partial charge in [-0.25, -0.2) is 0 Å². The molecule has 2 aromatic carbocycles. The van der Waals surface area contributed by atoms with Gasteiger partial charge in [0, 0.05) is 22.3 Å². The minimum atomic E-state index is -0.0554. The number of benzene rings is 2. The van der Waals surface area contributed by atoms with Crippen LogP contribution in [0.4, 0.5) is 5.69 Å². The van der Waals surface area contributed by atoms with Crippen LogP contribution in [0, 0.1) is 0 Å². The van der Waals surface area contributed by atoms with Crippen LogP contribution in [0.15, 0.2) is 54.6 Å². The lowest BCUT2D eigenvalue weighted by molar-refractivity contribution is 0.0976. The average molecular weight is 338 g/mol. The van der Waals surface area contributed by atoms with Gasteiger partial charge >= 0.3 is 0 Å². The Morgan fingerprint density at radius 1 is 1.21 bits per heavy atom. The van der Waals surface area contributed by atoms with Crippen LogP contribution in [0.3, 0.4) is 0 Å². The Hall–Kier alpha value is -2.59. The second kappa shape index (κ2) is 5.80. The number of aromatic amines is 1. The third-order valence-electron chi connectivity index (χ3n) is 4.37. The maximum absolute atomic E-state index is 13.0. The fourth-order valence-corrected chi connectivity index (χ4v) is 3.33. The highest BCUT2D eigenvalue weighted by Gasteiger charge is 2.32. The van der Waals surface area contributed by atoms with E-state index in [1.54, 1.807) is 6.07 Å². The van der Waals surface area contributed by atoms with Crippen molar-refractivity contribution in [3.05, 3.63) is 70.9 Å². The number of carbonyl (C=O) groups excluding carboxylic acids is 1. The van der Waals surface area contributed by atoms with Crippen molar-refractivity contribution in [3.8, 4) is 11.3 Å². The van der Waals surface area contributed by atoms with E-state index in [1.165, 1.54) is 5.56 Å². The maximum Gasteiger partial charge on any atom is 0.276 e. The fourth-order valence-electron chi connectivity index (χ4n) is 3.20. The molecule has 1 aromatic heterocycles. The van der Waals surface area contributed by atoms with Crippen molar-refractivity contribution in [2.75, 3.05) is 4.90 Å². The van der Waals surface area contributed by atoms with Crippen molar-refractivity contribution in [2.24, 2.45) is 0 Å². The van der Waals surface area contributed by atoms with E-state index >= 15 is 0 Å². The maximum atomic E-state index is 13.0. The van der Waals surface area contributed by atoms with Gasteiger partial charge in [0.05, 0.1) is 5.69 Å². The predicted molar refractivity (Wildman–Crippen MR) is 95.5 cm³/mol. The molecule has 4 nitrogen and oxygen atoms in total. The van der Waals surface area contributed by atoms with Gasteiger partial charge in [-0.05, 0) is 43.2 Å². The number of amides is 1. The van der Waals surface area contributed by atoms with Gasteiger partial charge in [-0.3, -0.25) is 9.89 Å². The van der Waals surface area contributed by atoms with Gasteiger partial charge < -0.3 is 4.90 Å². The van der Waals surface area contributed by atoms with Crippen LogP contribution in [0.2, 0.25) is 5.02 Å². The van der Waals surface area contributed by atoms with E-state index in [-0.39, 0.29) is 11.9 Å². The average Bonchev–Trinajstić information content (AvgIpc) is 3.19. The largest absolute Gasteiger partial charge is 0.304 e. The van der Waals surface area contributed by atoms with Gasteiger partial charge in [-0.2, -0.15) is 5.10 Å². The van der Waals surface area contributed by atoms with E-state index in [1.807, 2.05) is 47.4 Å². The van der Waals surface area contributed by atoms with Gasteiger partial charge in [0.25, 0.3) is 5.91 Å². The van der Waals surface area contributed by atoms with Crippen molar-refractivity contribution in [2.45, 2.75) is 19.4 Å². The minimum Gasteiger partial charge on any atom is -0.304 e. The van der Waals surface area contributed by atoms with Gasteiger partial charge in [-0.15, -0.1) is 0 Å². The molecule has 0 aliphatic carbocycles. The number of H-pyrrole nitrogens is 1. The number of nitrogens with one attached hydrogen (secondary N) is 1. The van der Waals surface area contributed by atoms with Gasteiger partial charge in [0.2, 0.25) is 0 Å². The van der Waals surface area contributed by atoms with Crippen LogP contribution in [-0.4, -0.2) is 22.1 Å². The molecule has 24 heavy (non-hydrogen) atoms. The molecule has 1 aliphatic heterocycles. The van der Waals surface area contributed by atoms with E-state index in [0.717, 1.165) is 23.4 Å². The number of aromatic nitrogens is 2. The number of anilines is 1. The molecular formula is C19H16ClN3O. The topological polar surface area (TPSA) is 49.0 Å². The Kier molecular flexibility index (Phi) is 3.62. The summed E-state index contributed by atoms with van der Waals surface area (Å²) in [6.45, 7) is 2.06.